The summed E-state index contributed by atoms with van der Waals surface area (Å²) < 4.78 is 5.35. The molecule has 1 atom stereocenters. The van der Waals surface area contributed by atoms with E-state index in [9.17, 15) is 0 Å². The van der Waals surface area contributed by atoms with Gasteiger partial charge in [0.2, 0.25) is 0 Å². The van der Waals surface area contributed by atoms with Gasteiger partial charge in [-0.25, -0.2) is 0 Å². The summed E-state index contributed by atoms with van der Waals surface area (Å²) in [4.78, 5) is 2.21. The Morgan fingerprint density at radius 1 is 1.38 bits per heavy atom. The van der Waals surface area contributed by atoms with Crippen LogP contribution in [0.1, 0.15) is 13.8 Å². The third kappa shape index (κ3) is 3.42. The maximum Gasteiger partial charge on any atom is 0.142 e. The predicted octanol–water partition coefficient (Wildman–Crippen LogP) is 2.13. The molecule has 0 amide bonds. The SMILES string of the molecule is CCNC(C)CN(C)c1ccccc1OC. The topological polar surface area (TPSA) is 24.5 Å². The van der Waals surface area contributed by atoms with Gasteiger partial charge in [0.15, 0.2) is 0 Å². The molecule has 1 aromatic rings. The highest BCUT2D eigenvalue weighted by atomic mass is 16.5. The minimum atomic E-state index is 0.472. The molecule has 16 heavy (non-hydrogen) atoms. The van der Waals surface area contributed by atoms with Gasteiger partial charge in [0.05, 0.1) is 12.8 Å². The maximum atomic E-state index is 5.35. The number of ether oxygens (including phenoxy) is 1. The van der Waals surface area contributed by atoms with Crippen LogP contribution in [0.3, 0.4) is 0 Å². The fourth-order valence-electron chi connectivity index (χ4n) is 1.87. The molecule has 3 nitrogen and oxygen atoms in total. The largest absolute Gasteiger partial charge is 0.495 e. The number of nitrogens with zero attached hydrogens (tertiary/aromatic N) is 1. The first-order valence-electron chi connectivity index (χ1n) is 5.76. The van der Waals surface area contributed by atoms with Crippen molar-refractivity contribution in [1.29, 1.82) is 0 Å². The van der Waals surface area contributed by atoms with Gasteiger partial charge >= 0.3 is 0 Å². The molecule has 3 heteroatoms. The Kier molecular flexibility index (Phi) is 5.12. The minimum Gasteiger partial charge on any atom is -0.495 e. The summed E-state index contributed by atoms with van der Waals surface area (Å²) >= 11 is 0. The Bertz CT molecular complexity index is 315. The molecule has 0 heterocycles. The molecule has 0 aromatic heterocycles. The Morgan fingerprint density at radius 3 is 2.69 bits per heavy atom. The summed E-state index contributed by atoms with van der Waals surface area (Å²) in [6.45, 7) is 6.28. The summed E-state index contributed by atoms with van der Waals surface area (Å²) in [6, 6.07) is 8.57. The van der Waals surface area contributed by atoms with Crippen LogP contribution in [-0.2, 0) is 0 Å². The molecule has 0 aliphatic carbocycles. The zero-order valence-corrected chi connectivity index (χ0v) is 10.7. The minimum absolute atomic E-state index is 0.472. The summed E-state index contributed by atoms with van der Waals surface area (Å²) in [6.07, 6.45) is 0. The molecule has 1 aromatic carbocycles. The zero-order chi connectivity index (χ0) is 12.0. The second kappa shape index (κ2) is 6.38. The number of rotatable bonds is 6. The van der Waals surface area contributed by atoms with Crippen molar-refractivity contribution in [3.63, 3.8) is 0 Å². The third-order valence-corrected chi connectivity index (χ3v) is 2.60. The van der Waals surface area contributed by atoms with E-state index in [1.54, 1.807) is 7.11 Å². The summed E-state index contributed by atoms with van der Waals surface area (Å²) in [5.41, 5.74) is 1.13. The number of hydrogen-bond acceptors (Lipinski definition) is 3. The van der Waals surface area contributed by atoms with Crippen LogP contribution < -0.4 is 15.0 Å². The highest BCUT2D eigenvalue weighted by Gasteiger charge is 2.09. The normalized spacial score (nSPS) is 12.2. The van der Waals surface area contributed by atoms with E-state index < -0.39 is 0 Å². The van der Waals surface area contributed by atoms with Crippen molar-refractivity contribution in [3.05, 3.63) is 24.3 Å². The van der Waals surface area contributed by atoms with E-state index in [2.05, 4.69) is 37.2 Å². The van der Waals surface area contributed by atoms with Gasteiger partial charge in [-0.2, -0.15) is 0 Å². The van der Waals surface area contributed by atoms with Crippen LogP contribution in [-0.4, -0.2) is 33.3 Å². The number of benzene rings is 1. The molecule has 90 valence electrons. The standard InChI is InChI=1S/C13H22N2O/c1-5-14-11(2)10-15(3)12-8-6-7-9-13(12)16-4/h6-9,11,14H,5,10H2,1-4H3. The van der Waals surface area contributed by atoms with E-state index in [0.29, 0.717) is 6.04 Å². The van der Waals surface area contributed by atoms with Gasteiger partial charge < -0.3 is 15.0 Å². The lowest BCUT2D eigenvalue weighted by Crippen LogP contribution is -2.37. The van der Waals surface area contributed by atoms with Gasteiger partial charge in [0, 0.05) is 19.6 Å². The van der Waals surface area contributed by atoms with Crippen LogP contribution in [0.4, 0.5) is 5.69 Å². The molecule has 0 bridgehead atoms. The van der Waals surface area contributed by atoms with Crippen molar-refractivity contribution < 1.29 is 4.74 Å². The van der Waals surface area contributed by atoms with Gasteiger partial charge in [-0.15, -0.1) is 0 Å². The van der Waals surface area contributed by atoms with Gasteiger partial charge in [-0.3, -0.25) is 0 Å². The van der Waals surface area contributed by atoms with Crippen molar-refractivity contribution in [2.24, 2.45) is 0 Å². The number of likely N-dealkylation sites (N-methyl/N-ethyl adjacent to an activating group) is 2. The first-order valence-corrected chi connectivity index (χ1v) is 5.76. The van der Waals surface area contributed by atoms with E-state index in [0.717, 1.165) is 24.5 Å². The average molecular weight is 222 g/mol. The van der Waals surface area contributed by atoms with Crippen LogP contribution in [0.25, 0.3) is 0 Å². The average Bonchev–Trinajstić information content (AvgIpc) is 2.29. The van der Waals surface area contributed by atoms with E-state index in [4.69, 9.17) is 4.74 Å². The van der Waals surface area contributed by atoms with Crippen LogP contribution >= 0.6 is 0 Å². The Labute approximate surface area is 98.4 Å². The Hall–Kier alpha value is -1.22. The fourth-order valence-corrected chi connectivity index (χ4v) is 1.87. The number of nitrogens with one attached hydrogen (secondary N) is 1. The summed E-state index contributed by atoms with van der Waals surface area (Å²) in [5, 5.41) is 3.40. The highest BCUT2D eigenvalue weighted by Crippen LogP contribution is 2.26. The molecule has 0 saturated heterocycles. The molecule has 1 rings (SSSR count). The van der Waals surface area contributed by atoms with Crippen molar-refractivity contribution in [1.82, 2.24) is 5.32 Å². The van der Waals surface area contributed by atoms with Crippen LogP contribution in [0, 0.1) is 0 Å². The molecule has 0 aliphatic rings. The lowest BCUT2D eigenvalue weighted by Gasteiger charge is -2.25. The second-order valence-corrected chi connectivity index (χ2v) is 4.01. The van der Waals surface area contributed by atoms with E-state index >= 15 is 0 Å². The van der Waals surface area contributed by atoms with E-state index in [1.165, 1.54) is 0 Å². The van der Waals surface area contributed by atoms with Crippen molar-refractivity contribution in [2.45, 2.75) is 19.9 Å². The van der Waals surface area contributed by atoms with Gasteiger partial charge in [-0.1, -0.05) is 19.1 Å². The smallest absolute Gasteiger partial charge is 0.142 e. The summed E-state index contributed by atoms with van der Waals surface area (Å²) in [7, 11) is 3.80. The Morgan fingerprint density at radius 2 is 2.06 bits per heavy atom. The maximum absolute atomic E-state index is 5.35. The van der Waals surface area contributed by atoms with Crippen molar-refractivity contribution in [3.8, 4) is 5.75 Å². The first-order chi connectivity index (χ1) is 7.69. The molecular weight excluding hydrogens is 200 g/mol. The predicted molar refractivity (Wildman–Crippen MR) is 69.4 cm³/mol. The second-order valence-electron chi connectivity index (χ2n) is 4.01. The quantitative estimate of drug-likeness (QED) is 0.798. The third-order valence-electron chi connectivity index (χ3n) is 2.60. The molecule has 1 unspecified atom stereocenters. The molecule has 0 fully saturated rings. The van der Waals surface area contributed by atoms with Crippen LogP contribution in [0.15, 0.2) is 24.3 Å². The molecule has 0 saturated carbocycles. The lowest BCUT2D eigenvalue weighted by atomic mass is 10.2. The first kappa shape index (κ1) is 12.8. The van der Waals surface area contributed by atoms with Crippen molar-refractivity contribution in [2.75, 3.05) is 32.1 Å². The number of para-hydroxylation sites is 2. The van der Waals surface area contributed by atoms with Gasteiger partial charge in [-0.05, 0) is 25.6 Å². The molecular formula is C13H22N2O. The lowest BCUT2D eigenvalue weighted by molar-refractivity contribution is 0.414. The van der Waals surface area contributed by atoms with Crippen LogP contribution in [0.2, 0.25) is 0 Å². The fraction of sp³-hybridized carbons (Fsp3) is 0.538. The zero-order valence-electron chi connectivity index (χ0n) is 10.7. The number of anilines is 1. The number of methoxy groups -OCH3 is 1. The van der Waals surface area contributed by atoms with Gasteiger partial charge in [0.1, 0.15) is 5.75 Å². The van der Waals surface area contributed by atoms with Gasteiger partial charge in [0.25, 0.3) is 0 Å². The van der Waals surface area contributed by atoms with Crippen LogP contribution in [0.5, 0.6) is 5.75 Å². The van der Waals surface area contributed by atoms with E-state index in [-0.39, 0.29) is 0 Å². The van der Waals surface area contributed by atoms with E-state index in [1.807, 2.05) is 18.2 Å². The monoisotopic (exact) mass is 222 g/mol. The molecule has 0 spiro atoms. The molecule has 1 N–H and O–H groups in total. The summed E-state index contributed by atoms with van der Waals surface area (Å²) in [5.74, 6) is 0.925. The number of hydrogen-bond donors (Lipinski definition) is 1. The van der Waals surface area contributed by atoms with Crippen molar-refractivity contribution >= 4 is 5.69 Å². The molecule has 0 aliphatic heterocycles. The molecule has 0 radical (unpaired) electrons. The highest BCUT2D eigenvalue weighted by molar-refractivity contribution is 5.57. The Balaban J connectivity index is 2.68.